The fraction of sp³-hybridized carbons (Fsp3) is 0.409. The monoisotopic (exact) mass is 335 g/mol. The van der Waals surface area contributed by atoms with Gasteiger partial charge in [-0.15, -0.1) is 0 Å². The second-order valence-electron chi connectivity index (χ2n) is 8.36. The molecule has 0 unspecified atom stereocenters. The molecule has 3 heteroatoms. The number of nitrogens with two attached hydrogens (primary N) is 1. The first-order chi connectivity index (χ1) is 11.8. The molecule has 2 aromatic rings. The maximum Gasteiger partial charge on any atom is 0.126 e. The van der Waals surface area contributed by atoms with Crippen LogP contribution >= 0.6 is 0 Å². The molecule has 0 fully saturated rings. The van der Waals surface area contributed by atoms with Gasteiger partial charge in [0, 0.05) is 17.4 Å². The van der Waals surface area contributed by atoms with Crippen LogP contribution in [0.2, 0.25) is 0 Å². The standard InChI is InChI=1S/C22H29N3/c1-21(2)12-10-16(11-13-21)18-15-17(8-9-19(18)23)22(3,4)25-20-7-5-6-14-24-20/h5-10,14-15H,11-13,23H2,1-4H3,(H,24,25). The zero-order chi connectivity index (χ0) is 18.1. The van der Waals surface area contributed by atoms with Crippen molar-refractivity contribution in [1.29, 1.82) is 0 Å². The van der Waals surface area contributed by atoms with E-state index >= 15 is 0 Å². The van der Waals surface area contributed by atoms with Crippen LogP contribution < -0.4 is 11.1 Å². The smallest absolute Gasteiger partial charge is 0.126 e. The van der Waals surface area contributed by atoms with Gasteiger partial charge in [0.25, 0.3) is 0 Å². The second kappa shape index (κ2) is 6.55. The van der Waals surface area contributed by atoms with Gasteiger partial charge < -0.3 is 11.1 Å². The van der Waals surface area contributed by atoms with Crippen LogP contribution in [-0.2, 0) is 5.54 Å². The normalized spacial score (nSPS) is 17.0. The number of nitrogen functional groups attached to an aromatic ring is 1. The fourth-order valence-corrected chi connectivity index (χ4v) is 3.37. The van der Waals surface area contributed by atoms with Crippen molar-refractivity contribution in [2.24, 2.45) is 5.41 Å². The summed E-state index contributed by atoms with van der Waals surface area (Å²) in [4.78, 5) is 4.39. The van der Waals surface area contributed by atoms with Gasteiger partial charge in [0.05, 0.1) is 5.54 Å². The molecule has 1 aromatic carbocycles. The fourth-order valence-electron chi connectivity index (χ4n) is 3.37. The number of benzene rings is 1. The highest BCUT2D eigenvalue weighted by Crippen LogP contribution is 2.40. The number of hydrogen-bond donors (Lipinski definition) is 2. The van der Waals surface area contributed by atoms with E-state index in [-0.39, 0.29) is 5.54 Å². The predicted octanol–water partition coefficient (Wildman–Crippen LogP) is 5.60. The lowest BCUT2D eigenvalue weighted by atomic mass is 9.76. The number of nitrogens with zero attached hydrogens (tertiary/aromatic N) is 1. The first-order valence-corrected chi connectivity index (χ1v) is 9.05. The van der Waals surface area contributed by atoms with E-state index < -0.39 is 0 Å². The van der Waals surface area contributed by atoms with Crippen molar-refractivity contribution in [1.82, 2.24) is 4.98 Å². The first kappa shape index (κ1) is 17.5. The summed E-state index contributed by atoms with van der Waals surface area (Å²) in [6.45, 7) is 9.02. The number of hydrogen-bond acceptors (Lipinski definition) is 3. The number of pyridine rings is 1. The van der Waals surface area contributed by atoms with Gasteiger partial charge in [-0.2, -0.15) is 0 Å². The third kappa shape index (κ3) is 4.04. The van der Waals surface area contributed by atoms with E-state index in [2.05, 4.69) is 56.2 Å². The van der Waals surface area contributed by atoms with Gasteiger partial charge in [-0.05, 0) is 73.9 Å². The molecule has 0 radical (unpaired) electrons. The molecule has 3 nitrogen and oxygen atoms in total. The van der Waals surface area contributed by atoms with Crippen molar-refractivity contribution in [2.75, 3.05) is 11.1 Å². The van der Waals surface area contributed by atoms with E-state index in [1.165, 1.54) is 23.1 Å². The van der Waals surface area contributed by atoms with Gasteiger partial charge in [-0.3, -0.25) is 0 Å². The summed E-state index contributed by atoms with van der Waals surface area (Å²) in [7, 11) is 0. The summed E-state index contributed by atoms with van der Waals surface area (Å²) in [5.41, 5.74) is 11.1. The Morgan fingerprint density at radius 1 is 1.16 bits per heavy atom. The minimum absolute atomic E-state index is 0.231. The zero-order valence-electron chi connectivity index (χ0n) is 15.8. The Hall–Kier alpha value is -2.29. The quantitative estimate of drug-likeness (QED) is 0.715. The first-order valence-electron chi connectivity index (χ1n) is 9.05. The molecule has 0 bridgehead atoms. The highest BCUT2D eigenvalue weighted by molar-refractivity contribution is 5.76. The molecular formula is C22H29N3. The maximum atomic E-state index is 6.31. The lowest BCUT2D eigenvalue weighted by molar-refractivity contribution is 0.335. The van der Waals surface area contributed by atoms with E-state index in [1.54, 1.807) is 6.20 Å². The van der Waals surface area contributed by atoms with Crippen LogP contribution in [0.1, 0.15) is 58.1 Å². The van der Waals surface area contributed by atoms with E-state index in [0.717, 1.165) is 24.3 Å². The maximum absolute atomic E-state index is 6.31. The minimum Gasteiger partial charge on any atom is -0.398 e. The van der Waals surface area contributed by atoms with Crippen molar-refractivity contribution >= 4 is 17.1 Å². The molecular weight excluding hydrogens is 306 g/mol. The number of anilines is 2. The van der Waals surface area contributed by atoms with Crippen LogP contribution in [-0.4, -0.2) is 4.98 Å². The summed E-state index contributed by atoms with van der Waals surface area (Å²) in [5, 5.41) is 3.53. The molecule has 0 saturated carbocycles. The van der Waals surface area contributed by atoms with Gasteiger partial charge >= 0.3 is 0 Å². The highest BCUT2D eigenvalue weighted by atomic mass is 15.0. The zero-order valence-corrected chi connectivity index (χ0v) is 15.8. The molecule has 132 valence electrons. The Kier molecular flexibility index (Phi) is 4.59. The van der Waals surface area contributed by atoms with Crippen LogP contribution in [0.5, 0.6) is 0 Å². The third-order valence-electron chi connectivity index (χ3n) is 5.20. The summed E-state index contributed by atoms with van der Waals surface area (Å²) in [5.74, 6) is 0.879. The molecule has 0 saturated heterocycles. The Morgan fingerprint density at radius 3 is 2.60 bits per heavy atom. The van der Waals surface area contributed by atoms with Crippen LogP contribution in [0.4, 0.5) is 11.5 Å². The summed E-state index contributed by atoms with van der Waals surface area (Å²) in [6.07, 6.45) is 7.59. The largest absolute Gasteiger partial charge is 0.398 e. The van der Waals surface area contributed by atoms with Gasteiger partial charge in [0.2, 0.25) is 0 Å². The van der Waals surface area contributed by atoms with Crippen LogP contribution in [0.15, 0.2) is 48.7 Å². The summed E-state index contributed by atoms with van der Waals surface area (Å²) >= 11 is 0. The average Bonchev–Trinajstić information content (AvgIpc) is 2.56. The molecule has 0 spiro atoms. The number of rotatable bonds is 4. The van der Waals surface area contributed by atoms with Crippen molar-refractivity contribution in [2.45, 2.75) is 52.5 Å². The van der Waals surface area contributed by atoms with Gasteiger partial charge in [0.15, 0.2) is 0 Å². The van der Waals surface area contributed by atoms with E-state index in [0.29, 0.717) is 5.41 Å². The Morgan fingerprint density at radius 2 is 1.96 bits per heavy atom. The summed E-state index contributed by atoms with van der Waals surface area (Å²) in [6, 6.07) is 12.3. The SMILES string of the molecule is CC1(C)CC=C(c2cc(C(C)(C)Nc3ccccn3)ccc2N)CC1. The second-order valence-corrected chi connectivity index (χ2v) is 8.36. The number of nitrogens with one attached hydrogen (secondary N) is 1. The highest BCUT2D eigenvalue weighted by Gasteiger charge is 2.25. The van der Waals surface area contributed by atoms with Crippen molar-refractivity contribution in [3.63, 3.8) is 0 Å². The molecule has 0 aliphatic heterocycles. The van der Waals surface area contributed by atoms with Crippen LogP contribution in [0, 0.1) is 5.41 Å². The molecule has 0 atom stereocenters. The molecule has 3 rings (SSSR count). The minimum atomic E-state index is -0.231. The van der Waals surface area contributed by atoms with Crippen molar-refractivity contribution in [3.05, 3.63) is 59.8 Å². The topological polar surface area (TPSA) is 50.9 Å². The third-order valence-corrected chi connectivity index (χ3v) is 5.20. The van der Waals surface area contributed by atoms with E-state index in [1.807, 2.05) is 24.3 Å². The van der Waals surface area contributed by atoms with Crippen LogP contribution in [0.25, 0.3) is 5.57 Å². The van der Waals surface area contributed by atoms with Crippen LogP contribution in [0.3, 0.4) is 0 Å². The lowest BCUT2D eigenvalue weighted by Crippen LogP contribution is -2.28. The molecule has 25 heavy (non-hydrogen) atoms. The van der Waals surface area contributed by atoms with E-state index in [9.17, 15) is 0 Å². The molecule has 1 aromatic heterocycles. The Labute approximate surface area is 151 Å². The van der Waals surface area contributed by atoms with E-state index in [4.69, 9.17) is 5.73 Å². The molecule has 0 amide bonds. The lowest BCUT2D eigenvalue weighted by Gasteiger charge is -2.31. The van der Waals surface area contributed by atoms with Gasteiger partial charge in [-0.25, -0.2) is 4.98 Å². The molecule has 1 aliphatic carbocycles. The predicted molar refractivity (Wildman–Crippen MR) is 107 cm³/mol. The Balaban J connectivity index is 1.90. The van der Waals surface area contributed by atoms with Crippen molar-refractivity contribution < 1.29 is 0 Å². The number of aromatic nitrogens is 1. The van der Waals surface area contributed by atoms with Crippen molar-refractivity contribution in [3.8, 4) is 0 Å². The van der Waals surface area contributed by atoms with Gasteiger partial charge in [-0.1, -0.05) is 32.1 Å². The average molecular weight is 335 g/mol. The molecule has 1 heterocycles. The summed E-state index contributed by atoms with van der Waals surface area (Å²) < 4.78 is 0. The molecule has 3 N–H and O–H groups in total. The Bertz CT molecular complexity index is 773. The van der Waals surface area contributed by atoms with Gasteiger partial charge in [0.1, 0.15) is 5.82 Å². The number of allylic oxidation sites excluding steroid dienone is 2. The molecule has 1 aliphatic rings.